The molecular weight excluding hydrogens is 560 g/mol. The van der Waals surface area contributed by atoms with Gasteiger partial charge >= 0.3 is 0 Å². The smallest absolute Gasteiger partial charge is 0.132 e. The third-order valence-corrected chi connectivity index (χ3v) is 9.54. The third-order valence-electron chi connectivity index (χ3n) is 9.54. The molecule has 0 saturated heterocycles. The molecule has 0 aliphatic rings. The van der Waals surface area contributed by atoms with Crippen molar-refractivity contribution in [2.24, 2.45) is 0 Å². The number of phenolic OH excluding ortho intramolecular Hbond substituents is 2. The lowest BCUT2D eigenvalue weighted by molar-refractivity contribution is 0.472. The van der Waals surface area contributed by atoms with Gasteiger partial charge in [0.15, 0.2) is 0 Å². The van der Waals surface area contributed by atoms with Crippen molar-refractivity contribution < 1.29 is 10.2 Å². The van der Waals surface area contributed by atoms with Crippen molar-refractivity contribution in [2.45, 2.75) is 79.1 Å². The van der Waals surface area contributed by atoms with Crippen molar-refractivity contribution >= 4 is 21.5 Å². The summed E-state index contributed by atoms with van der Waals surface area (Å²) in [7, 11) is 0. The summed E-state index contributed by atoms with van der Waals surface area (Å²) >= 11 is 0. The lowest BCUT2D eigenvalue weighted by atomic mass is 9.84. The normalized spacial score (nSPS) is 12.0. The fraction of sp³-hybridized carbons (Fsp3) is 0.273. The lowest BCUT2D eigenvalue weighted by Crippen LogP contribution is -1.97. The molecule has 0 heterocycles. The topological polar surface area (TPSA) is 40.5 Å². The number of hydrogen-bond acceptors (Lipinski definition) is 2. The summed E-state index contributed by atoms with van der Waals surface area (Å²) in [4.78, 5) is 0. The Kier molecular flexibility index (Phi) is 8.42. The molecule has 46 heavy (non-hydrogen) atoms. The van der Waals surface area contributed by atoms with Crippen molar-refractivity contribution in [1.82, 2.24) is 0 Å². The highest BCUT2D eigenvalue weighted by Gasteiger charge is 2.24. The van der Waals surface area contributed by atoms with Crippen LogP contribution in [0.2, 0.25) is 0 Å². The summed E-state index contributed by atoms with van der Waals surface area (Å²) < 4.78 is 0. The second-order valence-electron chi connectivity index (χ2n) is 14.1. The largest absolute Gasteiger partial charge is 0.507 e. The van der Waals surface area contributed by atoms with Gasteiger partial charge < -0.3 is 10.2 Å². The molecule has 6 aromatic carbocycles. The van der Waals surface area contributed by atoms with E-state index in [-0.39, 0.29) is 11.5 Å². The fourth-order valence-electron chi connectivity index (χ4n) is 6.62. The highest BCUT2D eigenvalue weighted by Crippen LogP contribution is 2.52. The Morgan fingerprint density at radius 1 is 0.391 bits per heavy atom. The quantitative estimate of drug-likeness (QED) is 0.190. The molecule has 0 bridgehead atoms. The van der Waals surface area contributed by atoms with Gasteiger partial charge in [-0.05, 0) is 90.7 Å². The number of aromatic hydroxyl groups is 2. The molecule has 0 aromatic heterocycles. The number of phenols is 2. The van der Waals surface area contributed by atoms with Gasteiger partial charge in [0.1, 0.15) is 11.5 Å². The van der Waals surface area contributed by atoms with Crippen molar-refractivity contribution in [3.63, 3.8) is 0 Å². The van der Waals surface area contributed by atoms with E-state index in [1.165, 1.54) is 22.3 Å². The van der Waals surface area contributed by atoms with E-state index < -0.39 is 0 Å². The van der Waals surface area contributed by atoms with Gasteiger partial charge in [0.2, 0.25) is 0 Å². The van der Waals surface area contributed by atoms with Gasteiger partial charge in [0.05, 0.1) is 0 Å². The molecule has 0 atom stereocenters. The van der Waals surface area contributed by atoms with Crippen LogP contribution < -0.4 is 0 Å². The zero-order valence-corrected chi connectivity index (χ0v) is 28.4. The summed E-state index contributed by atoms with van der Waals surface area (Å²) in [6.07, 6.45) is 0. The van der Waals surface area contributed by atoms with E-state index in [0.717, 1.165) is 43.8 Å². The van der Waals surface area contributed by atoms with E-state index >= 15 is 0 Å². The molecular formula is C44H46O2. The van der Waals surface area contributed by atoms with E-state index in [2.05, 4.69) is 128 Å². The Hall–Kier alpha value is -4.56. The van der Waals surface area contributed by atoms with E-state index in [4.69, 9.17) is 0 Å². The molecule has 2 N–H and O–H groups in total. The van der Waals surface area contributed by atoms with Crippen LogP contribution in [0, 0.1) is 0 Å². The van der Waals surface area contributed by atoms with Crippen LogP contribution in [0.4, 0.5) is 0 Å². The number of rotatable bonds is 7. The number of benzene rings is 6. The van der Waals surface area contributed by atoms with Gasteiger partial charge in [-0.15, -0.1) is 0 Å². The highest BCUT2D eigenvalue weighted by molar-refractivity contribution is 6.14. The van der Waals surface area contributed by atoms with Crippen molar-refractivity contribution in [3.05, 3.63) is 119 Å². The van der Waals surface area contributed by atoms with Gasteiger partial charge in [-0.2, -0.15) is 0 Å². The monoisotopic (exact) mass is 606 g/mol. The maximum absolute atomic E-state index is 12.4. The first-order chi connectivity index (χ1) is 21.9. The van der Waals surface area contributed by atoms with Crippen molar-refractivity contribution in [2.75, 3.05) is 0 Å². The Bertz CT molecular complexity index is 1870. The Morgan fingerprint density at radius 2 is 0.696 bits per heavy atom. The van der Waals surface area contributed by atoms with Crippen LogP contribution in [-0.2, 0) is 0 Å². The van der Waals surface area contributed by atoms with Gasteiger partial charge in [-0.25, -0.2) is 0 Å². The van der Waals surface area contributed by atoms with Crippen molar-refractivity contribution in [1.29, 1.82) is 0 Å². The minimum atomic E-state index is 0.186. The molecule has 0 amide bonds. The standard InChI is InChI=1S/C44H46O2/c1-25(2)31-17-32(26(3)4)20-35(19-31)39-23-29-13-9-11-15-37(29)41(43(39)45)42-38-16-12-10-14-30(38)24-40(44(42)46)36-21-33(27(5)6)18-34(22-36)28(7)8/h9-28,45-46H,1-8H3. The minimum Gasteiger partial charge on any atom is -0.507 e. The molecule has 0 aliphatic heterocycles. The molecule has 2 heteroatoms. The maximum Gasteiger partial charge on any atom is 0.132 e. The molecule has 0 spiro atoms. The zero-order valence-electron chi connectivity index (χ0n) is 28.4. The van der Waals surface area contributed by atoms with Crippen LogP contribution in [0.5, 0.6) is 11.5 Å². The second-order valence-corrected chi connectivity index (χ2v) is 14.1. The molecule has 6 rings (SSSR count). The zero-order chi connectivity index (χ0) is 32.9. The van der Waals surface area contributed by atoms with Crippen LogP contribution in [0.15, 0.2) is 97.1 Å². The van der Waals surface area contributed by atoms with Crippen LogP contribution >= 0.6 is 0 Å². The molecule has 0 unspecified atom stereocenters. The van der Waals surface area contributed by atoms with Crippen LogP contribution in [-0.4, -0.2) is 10.2 Å². The first kappa shape index (κ1) is 31.4. The number of fused-ring (bicyclic) bond motifs is 2. The molecule has 6 aromatic rings. The predicted octanol–water partition coefficient (Wildman–Crippen LogP) is 12.9. The molecule has 0 fully saturated rings. The van der Waals surface area contributed by atoms with Gasteiger partial charge in [-0.3, -0.25) is 0 Å². The van der Waals surface area contributed by atoms with Crippen molar-refractivity contribution in [3.8, 4) is 44.9 Å². The van der Waals surface area contributed by atoms with Crippen LogP contribution in [0.1, 0.15) is 101 Å². The average molecular weight is 607 g/mol. The summed E-state index contributed by atoms with van der Waals surface area (Å²) in [5.74, 6) is 1.77. The minimum absolute atomic E-state index is 0.186. The van der Waals surface area contributed by atoms with Gasteiger partial charge in [0, 0.05) is 22.3 Å². The predicted molar refractivity (Wildman–Crippen MR) is 197 cm³/mol. The summed E-state index contributed by atoms with van der Waals surface area (Å²) in [5.41, 5.74) is 9.84. The highest BCUT2D eigenvalue weighted by atomic mass is 16.3. The molecule has 0 radical (unpaired) electrons. The Labute approximate surface area is 274 Å². The first-order valence-corrected chi connectivity index (χ1v) is 16.7. The van der Waals surface area contributed by atoms with E-state index in [1.54, 1.807) is 0 Å². The summed E-state index contributed by atoms with van der Waals surface area (Å²) in [6, 6.07) is 34.0. The first-order valence-electron chi connectivity index (χ1n) is 16.7. The Morgan fingerprint density at radius 3 is 1.00 bits per heavy atom. The molecule has 234 valence electrons. The second kappa shape index (κ2) is 12.3. The average Bonchev–Trinajstić information content (AvgIpc) is 3.04. The van der Waals surface area contributed by atoms with E-state index in [1.807, 2.05) is 24.3 Å². The van der Waals surface area contributed by atoms with Crippen LogP contribution in [0.25, 0.3) is 54.9 Å². The van der Waals surface area contributed by atoms with E-state index in [9.17, 15) is 10.2 Å². The van der Waals surface area contributed by atoms with Gasteiger partial charge in [-0.1, -0.05) is 140 Å². The lowest BCUT2D eigenvalue weighted by Gasteiger charge is -2.21. The summed E-state index contributed by atoms with van der Waals surface area (Å²) in [6.45, 7) is 17.7. The van der Waals surface area contributed by atoms with Gasteiger partial charge in [0.25, 0.3) is 0 Å². The van der Waals surface area contributed by atoms with E-state index in [0.29, 0.717) is 34.8 Å². The number of hydrogen-bond donors (Lipinski definition) is 2. The fourth-order valence-corrected chi connectivity index (χ4v) is 6.62. The Balaban J connectivity index is 1.73. The van der Waals surface area contributed by atoms with Crippen LogP contribution in [0.3, 0.4) is 0 Å². The SMILES string of the molecule is CC(C)c1cc(-c2cc3ccccc3c(-c3c(O)c(-c4cc(C(C)C)cc(C(C)C)c4)cc4ccccc34)c2O)cc(C(C)C)c1. The molecule has 2 nitrogen and oxygen atoms in total. The molecule has 0 aliphatic carbocycles. The summed E-state index contributed by atoms with van der Waals surface area (Å²) in [5, 5.41) is 28.7. The third kappa shape index (κ3) is 5.66. The molecule has 0 saturated carbocycles. The maximum atomic E-state index is 12.4.